The molecule has 1 aromatic heterocycles. The van der Waals surface area contributed by atoms with Crippen LogP contribution in [0.25, 0.3) is 0 Å². The Kier molecular flexibility index (Phi) is 3.96. The number of amides is 1. The van der Waals surface area contributed by atoms with Crippen molar-refractivity contribution < 1.29 is 4.79 Å². The molecule has 6 heteroatoms. The monoisotopic (exact) mass is 285 g/mol. The molecule has 6 nitrogen and oxygen atoms in total. The normalized spacial score (nSPS) is 21.4. The maximum Gasteiger partial charge on any atom is 0.229 e. The summed E-state index contributed by atoms with van der Waals surface area (Å²) in [6.07, 6.45) is 3.20. The summed E-state index contributed by atoms with van der Waals surface area (Å²) in [4.78, 5) is 16.1. The first-order valence-corrected chi connectivity index (χ1v) is 7.15. The molecule has 0 saturated carbocycles. The predicted molar refractivity (Wildman–Crippen MR) is 79.7 cm³/mol. The highest BCUT2D eigenvalue weighted by atomic mass is 16.1. The van der Waals surface area contributed by atoms with Crippen LogP contribution < -0.4 is 10.6 Å². The van der Waals surface area contributed by atoms with Gasteiger partial charge in [-0.25, -0.2) is 9.67 Å². The molecule has 1 aliphatic rings. The van der Waals surface area contributed by atoms with E-state index in [1.165, 1.54) is 6.33 Å². The zero-order valence-electron chi connectivity index (χ0n) is 12.0. The van der Waals surface area contributed by atoms with E-state index in [4.69, 9.17) is 0 Å². The molecule has 0 unspecified atom stereocenters. The second-order valence-corrected chi connectivity index (χ2v) is 5.52. The van der Waals surface area contributed by atoms with Crippen molar-refractivity contribution in [3.05, 3.63) is 42.5 Å². The molecule has 0 bridgehead atoms. The first-order valence-electron chi connectivity index (χ1n) is 7.15. The predicted octanol–water partition coefficient (Wildman–Crippen LogP) is 1.12. The average Bonchev–Trinajstić information content (AvgIpc) is 3.12. The summed E-state index contributed by atoms with van der Waals surface area (Å²) in [5.41, 5.74) is 1.95. The number of benzene rings is 1. The lowest BCUT2D eigenvalue weighted by Gasteiger charge is -2.14. The van der Waals surface area contributed by atoms with Gasteiger partial charge in [-0.3, -0.25) is 4.79 Å². The molecule has 2 atom stereocenters. The summed E-state index contributed by atoms with van der Waals surface area (Å²) in [5, 5.41) is 10.3. The van der Waals surface area contributed by atoms with Crippen molar-refractivity contribution >= 4 is 11.6 Å². The lowest BCUT2D eigenvalue weighted by atomic mass is 9.97. The van der Waals surface area contributed by atoms with E-state index in [0.29, 0.717) is 12.5 Å². The van der Waals surface area contributed by atoms with Crippen LogP contribution in [-0.2, 0) is 11.3 Å². The van der Waals surface area contributed by atoms with Gasteiger partial charge in [-0.15, -0.1) is 0 Å². The van der Waals surface area contributed by atoms with E-state index in [1.807, 2.05) is 24.3 Å². The Morgan fingerprint density at radius 2 is 2.19 bits per heavy atom. The fourth-order valence-corrected chi connectivity index (χ4v) is 2.59. The molecule has 110 valence electrons. The molecule has 1 aliphatic heterocycles. The van der Waals surface area contributed by atoms with E-state index in [1.54, 1.807) is 11.0 Å². The third-order valence-corrected chi connectivity index (χ3v) is 3.89. The minimum Gasteiger partial charge on any atom is -0.326 e. The Morgan fingerprint density at radius 3 is 2.81 bits per heavy atom. The van der Waals surface area contributed by atoms with Crippen molar-refractivity contribution in [3.8, 4) is 0 Å². The lowest BCUT2D eigenvalue weighted by molar-refractivity contribution is -0.120. The van der Waals surface area contributed by atoms with Crippen molar-refractivity contribution in [2.45, 2.75) is 13.5 Å². The average molecular weight is 285 g/mol. The number of rotatable bonds is 4. The fourth-order valence-electron chi connectivity index (χ4n) is 2.59. The highest BCUT2D eigenvalue weighted by molar-refractivity contribution is 5.93. The second-order valence-electron chi connectivity index (χ2n) is 5.52. The van der Waals surface area contributed by atoms with Crippen molar-refractivity contribution in [2.75, 3.05) is 18.4 Å². The van der Waals surface area contributed by atoms with Crippen LogP contribution in [0.4, 0.5) is 5.69 Å². The van der Waals surface area contributed by atoms with Gasteiger partial charge in [0.2, 0.25) is 5.91 Å². The van der Waals surface area contributed by atoms with Crippen LogP contribution in [0.1, 0.15) is 12.5 Å². The minimum atomic E-state index is 0.0554. The number of anilines is 1. The SMILES string of the molecule is C[C@@H]1CNC[C@H]1C(=O)Nc1ccc(Cn2cncn2)cc1. The first kappa shape index (κ1) is 13.8. The van der Waals surface area contributed by atoms with Crippen LogP contribution >= 0.6 is 0 Å². The van der Waals surface area contributed by atoms with E-state index in [9.17, 15) is 4.79 Å². The number of carbonyl (C=O) groups excluding carboxylic acids is 1. The molecule has 0 radical (unpaired) electrons. The van der Waals surface area contributed by atoms with E-state index in [-0.39, 0.29) is 11.8 Å². The van der Waals surface area contributed by atoms with E-state index in [2.05, 4.69) is 27.6 Å². The van der Waals surface area contributed by atoms with Gasteiger partial charge in [0.1, 0.15) is 12.7 Å². The van der Waals surface area contributed by atoms with Crippen molar-refractivity contribution in [1.29, 1.82) is 0 Å². The van der Waals surface area contributed by atoms with Gasteiger partial charge in [-0.05, 0) is 30.2 Å². The highest BCUT2D eigenvalue weighted by Gasteiger charge is 2.29. The quantitative estimate of drug-likeness (QED) is 0.883. The Hall–Kier alpha value is -2.21. The molecule has 1 aromatic carbocycles. The summed E-state index contributed by atoms with van der Waals surface area (Å²) in [6, 6.07) is 7.84. The fraction of sp³-hybridized carbons (Fsp3) is 0.400. The third-order valence-electron chi connectivity index (χ3n) is 3.89. The maximum atomic E-state index is 12.2. The van der Waals surface area contributed by atoms with Crippen molar-refractivity contribution in [1.82, 2.24) is 20.1 Å². The zero-order valence-corrected chi connectivity index (χ0v) is 12.0. The highest BCUT2D eigenvalue weighted by Crippen LogP contribution is 2.18. The number of hydrogen-bond donors (Lipinski definition) is 2. The van der Waals surface area contributed by atoms with Crippen LogP contribution in [0.3, 0.4) is 0 Å². The van der Waals surface area contributed by atoms with Gasteiger partial charge in [-0.2, -0.15) is 5.10 Å². The molecule has 1 fully saturated rings. The van der Waals surface area contributed by atoms with Gasteiger partial charge < -0.3 is 10.6 Å². The maximum absolute atomic E-state index is 12.2. The van der Waals surface area contributed by atoms with Gasteiger partial charge in [0.15, 0.2) is 0 Å². The Bertz CT molecular complexity index is 593. The molecule has 3 rings (SSSR count). The number of nitrogens with one attached hydrogen (secondary N) is 2. The topological polar surface area (TPSA) is 71.8 Å². The van der Waals surface area contributed by atoms with Crippen LogP contribution in [0, 0.1) is 11.8 Å². The number of carbonyl (C=O) groups is 1. The zero-order chi connectivity index (χ0) is 14.7. The first-order chi connectivity index (χ1) is 10.2. The van der Waals surface area contributed by atoms with Crippen LogP contribution in [0.2, 0.25) is 0 Å². The van der Waals surface area contributed by atoms with Crippen molar-refractivity contribution in [2.24, 2.45) is 11.8 Å². The summed E-state index contributed by atoms with van der Waals surface area (Å²) >= 11 is 0. The largest absolute Gasteiger partial charge is 0.326 e. The summed E-state index contributed by atoms with van der Waals surface area (Å²) in [7, 11) is 0. The van der Waals surface area contributed by atoms with Gasteiger partial charge in [-0.1, -0.05) is 19.1 Å². The lowest BCUT2D eigenvalue weighted by Crippen LogP contribution is -2.27. The van der Waals surface area contributed by atoms with Crippen LogP contribution in [-0.4, -0.2) is 33.8 Å². The van der Waals surface area contributed by atoms with E-state index in [0.717, 1.165) is 24.3 Å². The molecule has 1 amide bonds. The molecular weight excluding hydrogens is 266 g/mol. The molecule has 0 spiro atoms. The number of aromatic nitrogens is 3. The number of nitrogens with zero attached hydrogens (tertiary/aromatic N) is 3. The number of hydrogen-bond acceptors (Lipinski definition) is 4. The summed E-state index contributed by atoms with van der Waals surface area (Å²) in [5.74, 6) is 0.535. The Morgan fingerprint density at radius 1 is 1.38 bits per heavy atom. The van der Waals surface area contributed by atoms with E-state index < -0.39 is 0 Å². The Balaban J connectivity index is 1.60. The summed E-state index contributed by atoms with van der Waals surface area (Å²) < 4.78 is 1.76. The molecular formula is C15H19N5O. The van der Waals surface area contributed by atoms with Gasteiger partial charge in [0.05, 0.1) is 12.5 Å². The van der Waals surface area contributed by atoms with Gasteiger partial charge >= 0.3 is 0 Å². The second kappa shape index (κ2) is 6.05. The third kappa shape index (κ3) is 3.28. The minimum absolute atomic E-state index is 0.0554. The van der Waals surface area contributed by atoms with Crippen molar-refractivity contribution in [3.63, 3.8) is 0 Å². The van der Waals surface area contributed by atoms with Crippen LogP contribution in [0.15, 0.2) is 36.9 Å². The molecule has 2 aromatic rings. The van der Waals surface area contributed by atoms with Crippen LogP contribution in [0.5, 0.6) is 0 Å². The molecule has 2 heterocycles. The van der Waals surface area contributed by atoms with Gasteiger partial charge in [0, 0.05) is 12.2 Å². The summed E-state index contributed by atoms with van der Waals surface area (Å²) in [6.45, 7) is 4.45. The standard InChI is InChI=1S/C15H19N5O/c1-11-6-16-7-14(11)15(21)19-13-4-2-12(3-5-13)8-20-10-17-9-18-20/h2-5,9-11,14,16H,6-8H2,1H3,(H,19,21)/t11-,14-/m1/s1. The molecule has 1 saturated heterocycles. The molecule has 21 heavy (non-hydrogen) atoms. The smallest absolute Gasteiger partial charge is 0.229 e. The molecule has 2 N–H and O–H groups in total. The van der Waals surface area contributed by atoms with Gasteiger partial charge in [0.25, 0.3) is 0 Å². The molecule has 0 aliphatic carbocycles. The Labute approximate surface area is 123 Å². The van der Waals surface area contributed by atoms with E-state index >= 15 is 0 Å².